The van der Waals surface area contributed by atoms with E-state index in [4.69, 9.17) is 4.74 Å². The van der Waals surface area contributed by atoms with Crippen LogP contribution in [0.3, 0.4) is 0 Å². The minimum Gasteiger partial charge on any atom is -0.380 e. The Morgan fingerprint density at radius 2 is 2.12 bits per heavy atom. The van der Waals surface area contributed by atoms with E-state index in [1.165, 1.54) is 0 Å². The molecule has 1 aliphatic heterocycles. The van der Waals surface area contributed by atoms with E-state index in [1.807, 2.05) is 6.92 Å². The second-order valence-corrected chi connectivity index (χ2v) is 5.25. The first-order valence-corrected chi connectivity index (χ1v) is 6.37. The first kappa shape index (κ1) is 13.7. The van der Waals surface area contributed by atoms with Crippen LogP contribution < -0.4 is 0 Å². The van der Waals surface area contributed by atoms with E-state index >= 15 is 0 Å². The van der Waals surface area contributed by atoms with Gasteiger partial charge >= 0.3 is 0 Å². The lowest BCUT2D eigenvalue weighted by Gasteiger charge is -2.36. The quantitative estimate of drug-likeness (QED) is 0.672. The molecule has 0 saturated carbocycles. The van der Waals surface area contributed by atoms with Gasteiger partial charge in [-0.25, -0.2) is 0 Å². The van der Waals surface area contributed by atoms with Crippen molar-refractivity contribution in [3.05, 3.63) is 0 Å². The number of hydrogen-bond acceptors (Lipinski definition) is 3. The van der Waals surface area contributed by atoms with Crippen LogP contribution in [0.4, 0.5) is 0 Å². The van der Waals surface area contributed by atoms with E-state index in [2.05, 4.69) is 25.7 Å². The predicted octanol–water partition coefficient (Wildman–Crippen LogP) is 1.96. The lowest BCUT2D eigenvalue weighted by atomic mass is 9.91. The number of ether oxygens (including phenoxy) is 1. The summed E-state index contributed by atoms with van der Waals surface area (Å²) in [6, 6.07) is 0.365. The highest BCUT2D eigenvalue weighted by Crippen LogP contribution is 2.19. The lowest BCUT2D eigenvalue weighted by molar-refractivity contribution is -0.128. The van der Waals surface area contributed by atoms with Crippen molar-refractivity contribution in [1.29, 1.82) is 0 Å². The van der Waals surface area contributed by atoms with Gasteiger partial charge in [0.1, 0.15) is 5.78 Å². The average molecular weight is 227 g/mol. The summed E-state index contributed by atoms with van der Waals surface area (Å²) in [5.74, 6) is 1.19. The largest absolute Gasteiger partial charge is 0.380 e. The second kappa shape index (κ2) is 6.36. The van der Waals surface area contributed by atoms with E-state index in [0.717, 1.165) is 26.3 Å². The molecule has 0 N–H and O–H groups in total. The van der Waals surface area contributed by atoms with E-state index in [0.29, 0.717) is 24.2 Å². The summed E-state index contributed by atoms with van der Waals surface area (Å²) in [5.41, 5.74) is 0. The third-order valence-corrected chi connectivity index (χ3v) is 3.43. The average Bonchev–Trinajstić information content (AvgIpc) is 2.23. The lowest BCUT2D eigenvalue weighted by Crippen LogP contribution is -2.47. The van der Waals surface area contributed by atoms with Gasteiger partial charge in [0.15, 0.2) is 0 Å². The van der Waals surface area contributed by atoms with E-state index in [1.54, 1.807) is 0 Å². The van der Waals surface area contributed by atoms with E-state index < -0.39 is 0 Å². The van der Waals surface area contributed by atoms with Crippen LogP contribution in [0.2, 0.25) is 0 Å². The molecule has 1 aliphatic rings. The summed E-state index contributed by atoms with van der Waals surface area (Å²) in [5, 5.41) is 0. The summed E-state index contributed by atoms with van der Waals surface area (Å²) in [6.45, 7) is 12.0. The van der Waals surface area contributed by atoms with E-state index in [9.17, 15) is 4.79 Å². The number of carbonyl (C=O) groups excluding carboxylic acids is 1. The Labute approximate surface area is 99.1 Å². The van der Waals surface area contributed by atoms with Crippen molar-refractivity contribution in [2.24, 2.45) is 11.8 Å². The Kier molecular flexibility index (Phi) is 5.42. The Morgan fingerprint density at radius 3 is 2.75 bits per heavy atom. The van der Waals surface area contributed by atoms with Crippen molar-refractivity contribution in [1.82, 2.24) is 4.90 Å². The van der Waals surface area contributed by atoms with Gasteiger partial charge in [0.05, 0.1) is 6.61 Å². The fourth-order valence-electron chi connectivity index (χ4n) is 2.09. The zero-order valence-corrected chi connectivity index (χ0v) is 11.0. The summed E-state index contributed by atoms with van der Waals surface area (Å²) < 4.78 is 5.58. The van der Waals surface area contributed by atoms with Crippen LogP contribution in [0.25, 0.3) is 0 Å². The highest BCUT2D eigenvalue weighted by molar-refractivity contribution is 5.82. The highest BCUT2D eigenvalue weighted by Gasteiger charge is 2.30. The number of piperidine rings is 1. The van der Waals surface area contributed by atoms with Gasteiger partial charge in [-0.2, -0.15) is 0 Å². The first-order valence-electron chi connectivity index (χ1n) is 6.37. The van der Waals surface area contributed by atoms with Gasteiger partial charge in [0, 0.05) is 38.1 Å². The number of nitrogens with zero attached hydrogens (tertiary/aromatic N) is 1. The van der Waals surface area contributed by atoms with Crippen LogP contribution >= 0.6 is 0 Å². The summed E-state index contributed by atoms with van der Waals surface area (Å²) in [6.07, 6.45) is 0.704. The third kappa shape index (κ3) is 3.87. The number of rotatable bonds is 5. The number of likely N-dealkylation sites (tertiary alicyclic amines) is 1. The smallest absolute Gasteiger partial charge is 0.138 e. The Bertz CT molecular complexity index is 228. The first-order chi connectivity index (χ1) is 7.52. The molecule has 1 rings (SSSR count). The van der Waals surface area contributed by atoms with Crippen LogP contribution in [-0.4, -0.2) is 43.0 Å². The molecule has 0 bridgehead atoms. The normalized spacial score (nSPS) is 27.7. The summed E-state index contributed by atoms with van der Waals surface area (Å²) in [4.78, 5) is 13.9. The maximum atomic E-state index is 11.5. The van der Waals surface area contributed by atoms with Crippen LogP contribution in [-0.2, 0) is 9.53 Å². The van der Waals surface area contributed by atoms with Crippen molar-refractivity contribution in [3.63, 3.8) is 0 Å². The van der Waals surface area contributed by atoms with Crippen LogP contribution in [0.1, 0.15) is 34.1 Å². The molecule has 94 valence electrons. The molecule has 1 saturated heterocycles. The van der Waals surface area contributed by atoms with Crippen molar-refractivity contribution in [2.45, 2.75) is 40.2 Å². The predicted molar refractivity (Wildman–Crippen MR) is 65.5 cm³/mol. The molecule has 2 atom stereocenters. The van der Waals surface area contributed by atoms with Gasteiger partial charge in [-0.3, -0.25) is 9.69 Å². The fraction of sp³-hybridized carbons (Fsp3) is 0.923. The molecule has 0 aliphatic carbocycles. The molecular weight excluding hydrogens is 202 g/mol. The molecule has 3 heteroatoms. The highest BCUT2D eigenvalue weighted by atomic mass is 16.5. The molecule has 0 radical (unpaired) electrons. The van der Waals surface area contributed by atoms with Gasteiger partial charge in [-0.15, -0.1) is 0 Å². The molecule has 0 aromatic carbocycles. The minimum absolute atomic E-state index is 0.179. The van der Waals surface area contributed by atoms with Gasteiger partial charge in [0.25, 0.3) is 0 Å². The van der Waals surface area contributed by atoms with Crippen molar-refractivity contribution >= 4 is 5.78 Å². The second-order valence-electron chi connectivity index (χ2n) is 5.25. The van der Waals surface area contributed by atoms with Crippen molar-refractivity contribution in [2.75, 3.05) is 26.3 Å². The zero-order valence-electron chi connectivity index (χ0n) is 11.0. The maximum absolute atomic E-state index is 11.5. The molecule has 0 aromatic rings. The Balaban J connectivity index is 2.24. The van der Waals surface area contributed by atoms with Crippen LogP contribution in [0, 0.1) is 11.8 Å². The number of ketones is 1. The van der Waals surface area contributed by atoms with Gasteiger partial charge < -0.3 is 4.74 Å². The molecule has 1 heterocycles. The van der Waals surface area contributed by atoms with Crippen LogP contribution in [0.15, 0.2) is 0 Å². The van der Waals surface area contributed by atoms with Gasteiger partial charge in [-0.1, -0.05) is 20.8 Å². The molecule has 1 fully saturated rings. The number of carbonyl (C=O) groups is 1. The molecule has 0 aromatic heterocycles. The third-order valence-electron chi connectivity index (χ3n) is 3.43. The maximum Gasteiger partial charge on any atom is 0.138 e. The zero-order chi connectivity index (χ0) is 12.1. The monoisotopic (exact) mass is 227 g/mol. The molecule has 0 spiro atoms. The van der Waals surface area contributed by atoms with E-state index in [-0.39, 0.29) is 5.92 Å². The fourth-order valence-corrected chi connectivity index (χ4v) is 2.09. The Morgan fingerprint density at radius 1 is 1.44 bits per heavy atom. The van der Waals surface area contributed by atoms with Gasteiger partial charge in [0.2, 0.25) is 0 Å². The minimum atomic E-state index is 0.179. The molecule has 3 nitrogen and oxygen atoms in total. The number of Topliss-reactive ketones (excluding diaryl/α,β-unsaturated/α-hetero) is 1. The SMILES string of the molecule is CC(C)COCCN1CCC(=O)C(C)C1C. The van der Waals surface area contributed by atoms with Crippen molar-refractivity contribution in [3.8, 4) is 0 Å². The van der Waals surface area contributed by atoms with Gasteiger partial charge in [-0.05, 0) is 12.8 Å². The van der Waals surface area contributed by atoms with Crippen molar-refractivity contribution < 1.29 is 9.53 Å². The van der Waals surface area contributed by atoms with Crippen LogP contribution in [0.5, 0.6) is 0 Å². The molecular formula is C13H25NO2. The standard InChI is InChI=1S/C13H25NO2/c1-10(2)9-16-8-7-14-6-5-13(15)11(3)12(14)4/h10-12H,5-9H2,1-4H3. The summed E-state index contributed by atoms with van der Waals surface area (Å²) in [7, 11) is 0. The molecule has 16 heavy (non-hydrogen) atoms. The number of hydrogen-bond donors (Lipinski definition) is 0. The Hall–Kier alpha value is -0.410. The molecule has 2 unspecified atom stereocenters. The topological polar surface area (TPSA) is 29.5 Å². The molecule has 0 amide bonds. The summed E-state index contributed by atoms with van der Waals surface area (Å²) >= 11 is 0.